The van der Waals surface area contributed by atoms with Crippen LogP contribution in [0, 0.1) is 0 Å². The number of rotatable bonds is 4. The Bertz CT molecular complexity index is 712. The van der Waals surface area contributed by atoms with E-state index in [1.54, 1.807) is 0 Å². The average Bonchev–Trinajstić information content (AvgIpc) is 2.91. The summed E-state index contributed by atoms with van der Waals surface area (Å²) in [7, 11) is 1.94. The fraction of sp³-hybridized carbons (Fsp3) is 0.250. The largest absolute Gasteiger partial charge is 0.305 e. The SMILES string of the molecule is CCNC(c1ccn(C)n1)c1cccc2cnccc12. The molecule has 0 aliphatic heterocycles. The molecule has 0 fully saturated rings. The van der Waals surface area contributed by atoms with E-state index in [-0.39, 0.29) is 6.04 Å². The topological polar surface area (TPSA) is 42.7 Å². The predicted octanol–water partition coefficient (Wildman–Crippen LogP) is 2.67. The van der Waals surface area contributed by atoms with E-state index >= 15 is 0 Å². The van der Waals surface area contributed by atoms with Gasteiger partial charge in [-0.2, -0.15) is 5.10 Å². The summed E-state index contributed by atoms with van der Waals surface area (Å²) in [4.78, 5) is 4.20. The smallest absolute Gasteiger partial charge is 0.0839 e. The molecule has 2 aromatic heterocycles. The van der Waals surface area contributed by atoms with Crippen LogP contribution in [0.25, 0.3) is 10.8 Å². The molecule has 0 aliphatic rings. The summed E-state index contributed by atoms with van der Waals surface area (Å²) in [5.41, 5.74) is 2.28. The highest BCUT2D eigenvalue weighted by Gasteiger charge is 2.17. The zero-order valence-corrected chi connectivity index (χ0v) is 11.7. The van der Waals surface area contributed by atoms with Gasteiger partial charge in [0.2, 0.25) is 0 Å². The number of benzene rings is 1. The molecule has 1 N–H and O–H groups in total. The summed E-state index contributed by atoms with van der Waals surface area (Å²) in [6.45, 7) is 3.01. The van der Waals surface area contributed by atoms with Gasteiger partial charge >= 0.3 is 0 Å². The monoisotopic (exact) mass is 266 g/mol. The highest BCUT2D eigenvalue weighted by molar-refractivity contribution is 5.85. The lowest BCUT2D eigenvalue weighted by atomic mass is 9.98. The van der Waals surface area contributed by atoms with Gasteiger partial charge in [0.1, 0.15) is 0 Å². The molecular formula is C16H18N4. The van der Waals surface area contributed by atoms with Gasteiger partial charge in [-0.05, 0) is 29.6 Å². The average molecular weight is 266 g/mol. The minimum Gasteiger partial charge on any atom is -0.305 e. The Balaban J connectivity index is 2.14. The maximum Gasteiger partial charge on any atom is 0.0839 e. The van der Waals surface area contributed by atoms with Crippen LogP contribution in [0.4, 0.5) is 0 Å². The second-order valence-electron chi connectivity index (χ2n) is 4.85. The van der Waals surface area contributed by atoms with E-state index in [1.807, 2.05) is 30.3 Å². The van der Waals surface area contributed by atoms with Crippen LogP contribution in [0.1, 0.15) is 24.2 Å². The van der Waals surface area contributed by atoms with Gasteiger partial charge in [-0.3, -0.25) is 9.67 Å². The van der Waals surface area contributed by atoms with E-state index in [1.165, 1.54) is 10.9 Å². The second kappa shape index (κ2) is 5.43. The summed E-state index contributed by atoms with van der Waals surface area (Å²) >= 11 is 0. The highest BCUT2D eigenvalue weighted by Crippen LogP contribution is 2.27. The summed E-state index contributed by atoms with van der Waals surface area (Å²) in [5.74, 6) is 0. The molecule has 1 aromatic carbocycles. The number of aromatic nitrogens is 3. The van der Waals surface area contributed by atoms with Crippen LogP contribution in [0.15, 0.2) is 48.9 Å². The first-order valence-corrected chi connectivity index (χ1v) is 6.85. The standard InChI is InChI=1S/C16H18N4/c1-3-18-16(15-8-10-20(2)19-15)14-6-4-5-12-11-17-9-7-13(12)14/h4-11,16,18H,3H2,1-2H3. The predicted molar refractivity (Wildman–Crippen MR) is 80.5 cm³/mol. The van der Waals surface area contributed by atoms with Crippen molar-refractivity contribution in [2.45, 2.75) is 13.0 Å². The van der Waals surface area contributed by atoms with Crippen LogP contribution < -0.4 is 5.32 Å². The van der Waals surface area contributed by atoms with Gasteiger partial charge in [0.15, 0.2) is 0 Å². The number of hydrogen-bond donors (Lipinski definition) is 1. The van der Waals surface area contributed by atoms with Crippen molar-refractivity contribution in [2.24, 2.45) is 7.05 Å². The molecule has 0 saturated carbocycles. The molecule has 0 radical (unpaired) electrons. The number of nitrogens with zero attached hydrogens (tertiary/aromatic N) is 3. The fourth-order valence-corrected chi connectivity index (χ4v) is 2.56. The second-order valence-corrected chi connectivity index (χ2v) is 4.85. The molecule has 102 valence electrons. The molecule has 1 unspecified atom stereocenters. The molecule has 4 nitrogen and oxygen atoms in total. The molecule has 1 atom stereocenters. The van der Waals surface area contributed by atoms with E-state index in [4.69, 9.17) is 0 Å². The van der Waals surface area contributed by atoms with Crippen molar-refractivity contribution >= 4 is 10.8 Å². The van der Waals surface area contributed by atoms with Gasteiger partial charge in [0.25, 0.3) is 0 Å². The molecule has 4 heteroatoms. The van der Waals surface area contributed by atoms with Crippen LogP contribution in [0.3, 0.4) is 0 Å². The number of pyridine rings is 1. The minimum atomic E-state index is 0.104. The fourth-order valence-electron chi connectivity index (χ4n) is 2.56. The third kappa shape index (κ3) is 2.30. The van der Waals surface area contributed by atoms with Crippen LogP contribution in [0.5, 0.6) is 0 Å². The van der Waals surface area contributed by atoms with Crippen LogP contribution in [-0.4, -0.2) is 21.3 Å². The molecule has 3 aromatic rings. The Morgan fingerprint density at radius 3 is 2.90 bits per heavy atom. The van der Waals surface area contributed by atoms with E-state index < -0.39 is 0 Å². The Labute approximate surface area is 118 Å². The number of nitrogens with one attached hydrogen (secondary N) is 1. The minimum absolute atomic E-state index is 0.104. The lowest BCUT2D eigenvalue weighted by Crippen LogP contribution is -2.22. The van der Waals surface area contributed by atoms with Crippen molar-refractivity contribution in [1.82, 2.24) is 20.1 Å². The van der Waals surface area contributed by atoms with Crippen molar-refractivity contribution in [2.75, 3.05) is 6.54 Å². The Hall–Kier alpha value is -2.20. The Morgan fingerprint density at radius 2 is 2.15 bits per heavy atom. The van der Waals surface area contributed by atoms with Crippen molar-refractivity contribution in [3.8, 4) is 0 Å². The number of aryl methyl sites for hydroxylation is 1. The van der Waals surface area contributed by atoms with E-state index in [0.29, 0.717) is 0 Å². The van der Waals surface area contributed by atoms with Crippen LogP contribution in [-0.2, 0) is 7.05 Å². The summed E-state index contributed by atoms with van der Waals surface area (Å²) in [6, 6.07) is 10.6. The van der Waals surface area contributed by atoms with Gasteiger partial charge in [0, 0.05) is 31.0 Å². The highest BCUT2D eigenvalue weighted by atomic mass is 15.3. The maximum absolute atomic E-state index is 4.55. The molecule has 0 bridgehead atoms. The molecule has 3 rings (SSSR count). The van der Waals surface area contributed by atoms with Crippen LogP contribution in [0.2, 0.25) is 0 Å². The van der Waals surface area contributed by atoms with Crippen molar-refractivity contribution in [1.29, 1.82) is 0 Å². The zero-order valence-electron chi connectivity index (χ0n) is 11.7. The van der Waals surface area contributed by atoms with Crippen molar-refractivity contribution < 1.29 is 0 Å². The van der Waals surface area contributed by atoms with Gasteiger partial charge in [-0.15, -0.1) is 0 Å². The molecule has 0 spiro atoms. The van der Waals surface area contributed by atoms with E-state index in [2.05, 4.69) is 52.7 Å². The van der Waals surface area contributed by atoms with E-state index in [0.717, 1.165) is 17.6 Å². The molecular weight excluding hydrogens is 248 g/mol. The summed E-state index contributed by atoms with van der Waals surface area (Å²) < 4.78 is 1.84. The number of hydrogen-bond acceptors (Lipinski definition) is 3. The first-order valence-electron chi connectivity index (χ1n) is 6.85. The lowest BCUT2D eigenvalue weighted by Gasteiger charge is -2.18. The first-order chi connectivity index (χ1) is 9.79. The lowest BCUT2D eigenvalue weighted by molar-refractivity contribution is 0.603. The third-order valence-electron chi connectivity index (χ3n) is 3.46. The molecule has 0 amide bonds. The quantitative estimate of drug-likeness (QED) is 0.789. The molecule has 0 aliphatic carbocycles. The third-order valence-corrected chi connectivity index (χ3v) is 3.46. The zero-order chi connectivity index (χ0) is 13.9. The molecule has 2 heterocycles. The van der Waals surface area contributed by atoms with Gasteiger partial charge in [-0.25, -0.2) is 0 Å². The van der Waals surface area contributed by atoms with Crippen molar-refractivity contribution in [3.05, 3.63) is 60.2 Å². The van der Waals surface area contributed by atoms with Gasteiger partial charge in [-0.1, -0.05) is 25.1 Å². The van der Waals surface area contributed by atoms with E-state index in [9.17, 15) is 0 Å². The Morgan fingerprint density at radius 1 is 1.25 bits per heavy atom. The van der Waals surface area contributed by atoms with Gasteiger partial charge in [0.05, 0.1) is 11.7 Å². The first kappa shape index (κ1) is 12.8. The Kier molecular flexibility index (Phi) is 3.48. The normalized spacial score (nSPS) is 12.7. The van der Waals surface area contributed by atoms with Crippen LogP contribution >= 0.6 is 0 Å². The molecule has 0 saturated heterocycles. The number of fused-ring (bicyclic) bond motifs is 1. The van der Waals surface area contributed by atoms with Gasteiger partial charge < -0.3 is 5.32 Å². The summed E-state index contributed by atoms with van der Waals surface area (Å²) in [6.07, 6.45) is 5.72. The van der Waals surface area contributed by atoms with Crippen molar-refractivity contribution in [3.63, 3.8) is 0 Å². The molecule has 20 heavy (non-hydrogen) atoms. The summed E-state index contributed by atoms with van der Waals surface area (Å²) in [5, 5.41) is 10.5. The maximum atomic E-state index is 4.55.